The molecule has 0 saturated heterocycles. The van der Waals surface area contributed by atoms with E-state index in [-0.39, 0.29) is 39.1 Å². The second kappa shape index (κ2) is 13.6. The van der Waals surface area contributed by atoms with Gasteiger partial charge in [0, 0.05) is 12.6 Å². The van der Waals surface area contributed by atoms with E-state index in [0.29, 0.717) is 5.75 Å². The fourth-order valence-corrected chi connectivity index (χ4v) is 6.71. The molecule has 3 aromatic rings. The predicted octanol–water partition coefficient (Wildman–Crippen LogP) is 5.67. The topological polar surface area (TPSA) is 96.0 Å². The zero-order valence-electron chi connectivity index (χ0n) is 22.9. The third kappa shape index (κ3) is 7.33. The molecule has 41 heavy (non-hydrogen) atoms. The number of carbonyl (C=O) groups excluding carboxylic acids is 2. The lowest BCUT2D eigenvalue weighted by molar-refractivity contribution is -0.139. The minimum atomic E-state index is -4.24. The van der Waals surface area contributed by atoms with Crippen molar-refractivity contribution < 1.29 is 22.7 Å². The van der Waals surface area contributed by atoms with Gasteiger partial charge in [-0.3, -0.25) is 13.9 Å². The van der Waals surface area contributed by atoms with Crippen LogP contribution in [-0.2, 0) is 26.2 Å². The quantitative estimate of drug-likeness (QED) is 0.299. The molecular formula is C30H33Cl2N3O5S. The van der Waals surface area contributed by atoms with Crippen molar-refractivity contribution in [3.8, 4) is 5.75 Å². The number of carbonyl (C=O) groups is 2. The monoisotopic (exact) mass is 617 g/mol. The molecule has 1 aliphatic carbocycles. The van der Waals surface area contributed by atoms with Crippen LogP contribution >= 0.6 is 23.2 Å². The van der Waals surface area contributed by atoms with E-state index in [1.165, 1.54) is 29.2 Å². The molecule has 0 bridgehead atoms. The van der Waals surface area contributed by atoms with Gasteiger partial charge in [0.05, 0.1) is 27.7 Å². The van der Waals surface area contributed by atoms with Crippen molar-refractivity contribution >= 4 is 50.7 Å². The van der Waals surface area contributed by atoms with Crippen molar-refractivity contribution in [2.24, 2.45) is 0 Å². The first-order valence-electron chi connectivity index (χ1n) is 13.4. The third-order valence-corrected chi connectivity index (χ3v) is 9.77. The van der Waals surface area contributed by atoms with Crippen molar-refractivity contribution in [1.82, 2.24) is 10.2 Å². The summed E-state index contributed by atoms with van der Waals surface area (Å²) < 4.78 is 33.9. The Hall–Kier alpha value is -3.27. The summed E-state index contributed by atoms with van der Waals surface area (Å²) in [7, 11) is -2.68. The first-order valence-corrected chi connectivity index (χ1v) is 15.6. The van der Waals surface area contributed by atoms with Crippen LogP contribution in [0.25, 0.3) is 0 Å². The molecule has 0 heterocycles. The lowest BCUT2D eigenvalue weighted by atomic mass is 10.1. The maximum Gasteiger partial charge on any atom is 0.264 e. The van der Waals surface area contributed by atoms with Gasteiger partial charge in [0.15, 0.2) is 0 Å². The summed E-state index contributed by atoms with van der Waals surface area (Å²) in [6.45, 7) is 1.12. The minimum Gasteiger partial charge on any atom is -0.497 e. The molecular weight excluding hydrogens is 585 g/mol. The van der Waals surface area contributed by atoms with Gasteiger partial charge in [-0.05, 0) is 61.7 Å². The Labute approximate surface area is 251 Å². The predicted molar refractivity (Wildman–Crippen MR) is 161 cm³/mol. The molecule has 11 heteroatoms. The number of nitrogens with one attached hydrogen (secondary N) is 1. The summed E-state index contributed by atoms with van der Waals surface area (Å²) in [4.78, 5) is 28.7. The van der Waals surface area contributed by atoms with E-state index in [4.69, 9.17) is 27.9 Å². The third-order valence-electron chi connectivity index (χ3n) is 7.19. The number of sulfonamides is 1. The Morgan fingerprint density at radius 1 is 0.976 bits per heavy atom. The van der Waals surface area contributed by atoms with Crippen LogP contribution < -0.4 is 14.4 Å². The lowest BCUT2D eigenvalue weighted by Crippen LogP contribution is -2.52. The van der Waals surface area contributed by atoms with Crippen LogP contribution in [0, 0.1) is 0 Å². The average molecular weight is 619 g/mol. The molecule has 1 fully saturated rings. The van der Waals surface area contributed by atoms with Gasteiger partial charge in [-0.15, -0.1) is 0 Å². The number of ether oxygens (including phenoxy) is 1. The average Bonchev–Trinajstić information content (AvgIpc) is 3.49. The molecule has 218 valence electrons. The van der Waals surface area contributed by atoms with Crippen LogP contribution in [0.1, 0.15) is 38.2 Å². The molecule has 0 spiro atoms. The number of hydrogen-bond donors (Lipinski definition) is 1. The SMILES string of the molecule is COc1ccc(CN(C(=O)CN(c2cccc(Cl)c2Cl)S(=O)(=O)c2ccccc2)[C@H](C)C(=O)NC2CCCC2)cc1. The van der Waals surface area contributed by atoms with Crippen LogP contribution in [0.15, 0.2) is 77.7 Å². The molecule has 4 rings (SSSR count). The Balaban J connectivity index is 1.70. The van der Waals surface area contributed by atoms with E-state index in [9.17, 15) is 18.0 Å². The van der Waals surface area contributed by atoms with Crippen LogP contribution in [0.3, 0.4) is 0 Å². The first-order chi connectivity index (χ1) is 19.6. The number of nitrogens with zero attached hydrogens (tertiary/aromatic N) is 2. The van der Waals surface area contributed by atoms with Gasteiger partial charge in [0.1, 0.15) is 18.3 Å². The van der Waals surface area contributed by atoms with Crippen molar-refractivity contribution in [1.29, 1.82) is 0 Å². The van der Waals surface area contributed by atoms with Gasteiger partial charge >= 0.3 is 0 Å². The molecule has 0 aromatic heterocycles. The highest BCUT2D eigenvalue weighted by Crippen LogP contribution is 2.35. The second-order valence-electron chi connectivity index (χ2n) is 9.93. The van der Waals surface area contributed by atoms with Crippen LogP contribution in [0.4, 0.5) is 5.69 Å². The van der Waals surface area contributed by atoms with E-state index < -0.39 is 28.5 Å². The zero-order valence-corrected chi connectivity index (χ0v) is 25.3. The highest BCUT2D eigenvalue weighted by molar-refractivity contribution is 7.92. The summed E-state index contributed by atoms with van der Waals surface area (Å²) in [5.41, 5.74) is 0.807. The van der Waals surface area contributed by atoms with E-state index in [0.717, 1.165) is 35.6 Å². The molecule has 8 nitrogen and oxygen atoms in total. The van der Waals surface area contributed by atoms with Crippen molar-refractivity contribution in [3.63, 3.8) is 0 Å². The normalized spacial score (nSPS) is 14.3. The Bertz CT molecular complexity index is 1460. The number of hydrogen-bond acceptors (Lipinski definition) is 5. The number of benzene rings is 3. The van der Waals surface area contributed by atoms with Crippen molar-refractivity contribution in [3.05, 3.63) is 88.4 Å². The fraction of sp³-hybridized carbons (Fsp3) is 0.333. The van der Waals surface area contributed by atoms with Crippen LogP contribution in [0.5, 0.6) is 5.75 Å². The number of amides is 2. The molecule has 3 aromatic carbocycles. The highest BCUT2D eigenvalue weighted by Gasteiger charge is 2.34. The number of halogens is 2. The molecule has 1 N–H and O–H groups in total. The largest absolute Gasteiger partial charge is 0.497 e. The molecule has 1 atom stereocenters. The van der Waals surface area contributed by atoms with Gasteiger partial charge in [-0.2, -0.15) is 0 Å². The van der Waals surface area contributed by atoms with Crippen LogP contribution in [-0.4, -0.2) is 50.9 Å². The molecule has 1 aliphatic rings. The summed E-state index contributed by atoms with van der Waals surface area (Å²) in [5, 5.41) is 3.19. The number of anilines is 1. The minimum absolute atomic E-state index is 0.00444. The van der Waals surface area contributed by atoms with E-state index in [1.807, 2.05) is 0 Å². The molecule has 0 radical (unpaired) electrons. The second-order valence-corrected chi connectivity index (χ2v) is 12.6. The number of methoxy groups -OCH3 is 1. The zero-order chi connectivity index (χ0) is 29.6. The van der Waals surface area contributed by atoms with E-state index in [1.54, 1.807) is 62.6 Å². The molecule has 0 unspecified atom stereocenters. The molecule has 2 amide bonds. The standard InChI is InChI=1S/C30H33Cl2N3O5S/c1-21(30(37)33-23-9-6-7-10-23)34(19-22-15-17-24(40-2)18-16-22)28(36)20-35(27-14-8-13-26(31)29(27)32)41(38,39)25-11-4-3-5-12-25/h3-5,8,11-18,21,23H,6-7,9-10,19-20H2,1-2H3,(H,33,37)/t21-/m1/s1. The van der Waals surface area contributed by atoms with E-state index in [2.05, 4.69) is 5.32 Å². The number of rotatable bonds is 11. The highest BCUT2D eigenvalue weighted by atomic mass is 35.5. The Morgan fingerprint density at radius 3 is 2.27 bits per heavy atom. The first kappa shape index (κ1) is 30.7. The Morgan fingerprint density at radius 2 is 1.63 bits per heavy atom. The summed E-state index contributed by atoms with van der Waals surface area (Å²) in [6, 6.07) is 18.7. The van der Waals surface area contributed by atoms with Gasteiger partial charge in [0.25, 0.3) is 10.0 Å². The summed E-state index contributed by atoms with van der Waals surface area (Å²) >= 11 is 12.7. The molecule has 1 saturated carbocycles. The van der Waals surface area contributed by atoms with E-state index >= 15 is 0 Å². The maximum atomic E-state index is 14.1. The fourth-order valence-electron chi connectivity index (χ4n) is 4.82. The van der Waals surface area contributed by atoms with Crippen molar-refractivity contribution in [2.45, 2.75) is 56.1 Å². The maximum absolute atomic E-state index is 14.1. The van der Waals surface area contributed by atoms with Crippen molar-refractivity contribution in [2.75, 3.05) is 18.0 Å². The molecule has 0 aliphatic heterocycles. The lowest BCUT2D eigenvalue weighted by Gasteiger charge is -2.32. The Kier molecular flexibility index (Phi) is 10.2. The van der Waals surface area contributed by atoms with Gasteiger partial charge in [-0.1, -0.05) is 72.4 Å². The van der Waals surface area contributed by atoms with Gasteiger partial charge in [0.2, 0.25) is 11.8 Å². The van der Waals surface area contributed by atoms with Gasteiger partial charge in [-0.25, -0.2) is 8.42 Å². The van der Waals surface area contributed by atoms with Crippen LogP contribution in [0.2, 0.25) is 10.0 Å². The summed E-state index contributed by atoms with van der Waals surface area (Å²) in [6.07, 6.45) is 3.86. The summed E-state index contributed by atoms with van der Waals surface area (Å²) in [5.74, 6) is -0.225. The van der Waals surface area contributed by atoms with Gasteiger partial charge < -0.3 is 15.0 Å². The smallest absolute Gasteiger partial charge is 0.264 e.